The normalized spacial score (nSPS) is 19.4. The standard InChI is InChI=1S/C17H12Cl3FN4/c18-9-4-5-10(12(20)6-9)14-7-15(25-17(24-14)22-8-23-25)16-11(19)2-1-3-13(16)21/h1-6,8,14-15H,7H2,(H,22,23,24)/t14-,15+/m1/s1. The van der Waals surface area contributed by atoms with Gasteiger partial charge < -0.3 is 5.32 Å². The van der Waals surface area contributed by atoms with Gasteiger partial charge in [-0.25, -0.2) is 9.07 Å². The van der Waals surface area contributed by atoms with Crippen molar-refractivity contribution < 1.29 is 4.39 Å². The van der Waals surface area contributed by atoms with E-state index in [4.69, 9.17) is 34.8 Å². The fourth-order valence-corrected chi connectivity index (χ4v) is 4.01. The molecule has 2 aromatic carbocycles. The van der Waals surface area contributed by atoms with Crippen LogP contribution in [0.5, 0.6) is 0 Å². The van der Waals surface area contributed by atoms with Crippen LogP contribution >= 0.6 is 34.8 Å². The lowest BCUT2D eigenvalue weighted by Crippen LogP contribution is -2.29. The largest absolute Gasteiger partial charge is 0.347 e. The van der Waals surface area contributed by atoms with Crippen molar-refractivity contribution in [2.24, 2.45) is 0 Å². The summed E-state index contributed by atoms with van der Waals surface area (Å²) in [5, 5.41) is 8.96. The zero-order valence-electron chi connectivity index (χ0n) is 12.8. The number of fused-ring (bicyclic) bond motifs is 1. The number of rotatable bonds is 2. The third kappa shape index (κ3) is 2.97. The van der Waals surface area contributed by atoms with Crippen LogP contribution in [-0.2, 0) is 0 Å². The molecule has 2 atom stereocenters. The van der Waals surface area contributed by atoms with E-state index in [9.17, 15) is 4.39 Å². The molecule has 8 heteroatoms. The van der Waals surface area contributed by atoms with Gasteiger partial charge in [0.1, 0.15) is 12.1 Å². The molecule has 0 unspecified atom stereocenters. The van der Waals surface area contributed by atoms with Crippen LogP contribution in [0.3, 0.4) is 0 Å². The van der Waals surface area contributed by atoms with Crippen molar-refractivity contribution in [3.8, 4) is 0 Å². The summed E-state index contributed by atoms with van der Waals surface area (Å²) in [5.41, 5.74) is 1.25. The van der Waals surface area contributed by atoms with Crippen molar-refractivity contribution in [2.75, 3.05) is 5.32 Å². The van der Waals surface area contributed by atoms with Crippen LogP contribution in [0.25, 0.3) is 0 Å². The van der Waals surface area contributed by atoms with Crippen molar-refractivity contribution in [2.45, 2.75) is 18.5 Å². The number of benzene rings is 2. The van der Waals surface area contributed by atoms with Gasteiger partial charge in [0.05, 0.1) is 12.1 Å². The molecule has 128 valence electrons. The molecule has 0 saturated carbocycles. The minimum atomic E-state index is -0.399. The summed E-state index contributed by atoms with van der Waals surface area (Å²) < 4.78 is 16.1. The Hall–Kier alpha value is -1.82. The number of nitrogens with one attached hydrogen (secondary N) is 1. The highest BCUT2D eigenvalue weighted by atomic mass is 35.5. The highest BCUT2D eigenvalue weighted by Gasteiger charge is 2.33. The van der Waals surface area contributed by atoms with Crippen LogP contribution in [0.1, 0.15) is 29.6 Å². The van der Waals surface area contributed by atoms with E-state index < -0.39 is 6.04 Å². The molecule has 2 heterocycles. The second kappa shape index (κ2) is 6.48. The summed E-state index contributed by atoms with van der Waals surface area (Å²) in [6.45, 7) is 0. The number of hydrogen-bond acceptors (Lipinski definition) is 3. The molecule has 3 aromatic rings. The Balaban J connectivity index is 1.81. The molecule has 0 amide bonds. The van der Waals surface area contributed by atoms with Crippen LogP contribution in [0, 0.1) is 5.82 Å². The van der Waals surface area contributed by atoms with E-state index in [1.54, 1.807) is 28.9 Å². The Morgan fingerprint density at radius 3 is 2.72 bits per heavy atom. The Labute approximate surface area is 158 Å². The fraction of sp³-hybridized carbons (Fsp3) is 0.176. The van der Waals surface area contributed by atoms with Gasteiger partial charge in [-0.15, -0.1) is 0 Å². The Kier molecular flexibility index (Phi) is 4.31. The average Bonchev–Trinajstić information content (AvgIpc) is 3.03. The molecular weight excluding hydrogens is 386 g/mol. The number of hydrogen-bond donors (Lipinski definition) is 1. The maximum absolute atomic E-state index is 14.5. The topological polar surface area (TPSA) is 42.7 Å². The van der Waals surface area contributed by atoms with Crippen LogP contribution < -0.4 is 5.32 Å². The molecule has 0 radical (unpaired) electrons. The van der Waals surface area contributed by atoms with Crippen molar-refractivity contribution in [1.29, 1.82) is 0 Å². The van der Waals surface area contributed by atoms with E-state index in [2.05, 4.69) is 15.4 Å². The zero-order chi connectivity index (χ0) is 17.6. The fourth-order valence-electron chi connectivity index (χ4n) is 3.18. The van der Waals surface area contributed by atoms with Gasteiger partial charge >= 0.3 is 0 Å². The molecule has 0 spiro atoms. The Morgan fingerprint density at radius 1 is 1.12 bits per heavy atom. The summed E-state index contributed by atoms with van der Waals surface area (Å²) >= 11 is 18.6. The van der Waals surface area contributed by atoms with E-state index in [0.29, 0.717) is 33.0 Å². The van der Waals surface area contributed by atoms with Crippen LogP contribution in [0.15, 0.2) is 42.7 Å². The first-order valence-electron chi connectivity index (χ1n) is 7.59. The molecule has 1 aliphatic heterocycles. The minimum absolute atomic E-state index is 0.179. The summed E-state index contributed by atoms with van der Waals surface area (Å²) in [6, 6.07) is 9.38. The summed E-state index contributed by atoms with van der Waals surface area (Å²) in [6.07, 6.45) is 1.94. The lowest BCUT2D eigenvalue weighted by atomic mass is 9.93. The van der Waals surface area contributed by atoms with E-state index in [1.807, 2.05) is 6.07 Å². The highest BCUT2D eigenvalue weighted by molar-refractivity contribution is 6.35. The van der Waals surface area contributed by atoms with Crippen molar-refractivity contribution in [3.05, 3.63) is 74.7 Å². The number of aromatic nitrogens is 3. The molecule has 0 fully saturated rings. The smallest absolute Gasteiger partial charge is 0.222 e. The monoisotopic (exact) mass is 396 g/mol. The summed E-state index contributed by atoms with van der Waals surface area (Å²) in [4.78, 5) is 4.22. The number of nitrogens with zero attached hydrogens (tertiary/aromatic N) is 3. The van der Waals surface area contributed by atoms with Crippen molar-refractivity contribution >= 4 is 40.8 Å². The van der Waals surface area contributed by atoms with Crippen LogP contribution in [-0.4, -0.2) is 14.8 Å². The van der Waals surface area contributed by atoms with Gasteiger partial charge in [-0.3, -0.25) is 0 Å². The molecule has 0 bridgehead atoms. The first kappa shape index (κ1) is 16.6. The van der Waals surface area contributed by atoms with Crippen molar-refractivity contribution in [1.82, 2.24) is 14.8 Å². The van der Waals surface area contributed by atoms with Gasteiger partial charge in [0.2, 0.25) is 5.95 Å². The third-order valence-electron chi connectivity index (χ3n) is 4.30. The van der Waals surface area contributed by atoms with Crippen LogP contribution in [0.2, 0.25) is 15.1 Å². The molecule has 1 aliphatic rings. The molecule has 4 rings (SSSR count). The molecule has 4 nitrogen and oxygen atoms in total. The molecular formula is C17H12Cl3FN4. The first-order valence-corrected chi connectivity index (χ1v) is 8.73. The van der Waals surface area contributed by atoms with Crippen LogP contribution in [0.4, 0.5) is 10.3 Å². The Morgan fingerprint density at radius 2 is 1.96 bits per heavy atom. The molecule has 1 N–H and O–H groups in total. The van der Waals surface area contributed by atoms with Gasteiger partial charge in [0, 0.05) is 20.6 Å². The van der Waals surface area contributed by atoms with Gasteiger partial charge in [0.15, 0.2) is 0 Å². The van der Waals surface area contributed by atoms with Gasteiger partial charge in [-0.05, 0) is 36.2 Å². The van der Waals surface area contributed by atoms with Gasteiger partial charge in [-0.1, -0.05) is 46.9 Å². The SMILES string of the molecule is Fc1cccc(Cl)c1[C@@H]1C[C@H](c2ccc(Cl)cc2Cl)Nc2ncnn21. The number of halogens is 4. The van der Waals surface area contributed by atoms with Gasteiger partial charge in [0.25, 0.3) is 0 Å². The molecule has 0 saturated heterocycles. The third-order valence-corrected chi connectivity index (χ3v) is 5.19. The predicted molar refractivity (Wildman–Crippen MR) is 97.0 cm³/mol. The quantitative estimate of drug-likeness (QED) is 0.619. The molecule has 25 heavy (non-hydrogen) atoms. The van der Waals surface area contributed by atoms with E-state index >= 15 is 0 Å². The lowest BCUT2D eigenvalue weighted by molar-refractivity contribution is 0.416. The predicted octanol–water partition coefficient (Wildman–Crippen LogP) is 5.52. The second-order valence-electron chi connectivity index (χ2n) is 5.78. The second-order valence-corrected chi connectivity index (χ2v) is 7.03. The lowest BCUT2D eigenvalue weighted by Gasteiger charge is -2.32. The average molecular weight is 398 g/mol. The first-order chi connectivity index (χ1) is 12.0. The summed E-state index contributed by atoms with van der Waals surface area (Å²) in [7, 11) is 0. The molecule has 1 aromatic heterocycles. The zero-order valence-corrected chi connectivity index (χ0v) is 15.0. The Bertz CT molecular complexity index is 923. The maximum atomic E-state index is 14.5. The van der Waals surface area contributed by atoms with E-state index in [1.165, 1.54) is 12.4 Å². The van der Waals surface area contributed by atoms with E-state index in [-0.39, 0.29) is 11.9 Å². The highest BCUT2D eigenvalue weighted by Crippen LogP contribution is 2.42. The summed E-state index contributed by atoms with van der Waals surface area (Å²) in [5.74, 6) is 0.161. The number of anilines is 1. The minimum Gasteiger partial charge on any atom is -0.347 e. The van der Waals surface area contributed by atoms with Crippen molar-refractivity contribution in [3.63, 3.8) is 0 Å². The molecule has 0 aliphatic carbocycles. The van der Waals surface area contributed by atoms with Gasteiger partial charge in [-0.2, -0.15) is 10.1 Å². The maximum Gasteiger partial charge on any atom is 0.222 e. The van der Waals surface area contributed by atoms with E-state index in [0.717, 1.165) is 5.56 Å².